The minimum absolute atomic E-state index is 0.00580. The number of aliphatic carboxylic acids is 1. The van der Waals surface area contributed by atoms with Gasteiger partial charge in [0.05, 0.1) is 17.5 Å². The Bertz CT molecular complexity index is 985. The summed E-state index contributed by atoms with van der Waals surface area (Å²) >= 11 is 1.25. The Kier molecular flexibility index (Phi) is 6.45. The average molecular weight is 440 g/mol. The summed E-state index contributed by atoms with van der Waals surface area (Å²) < 4.78 is 38.8. The zero-order valence-electron chi connectivity index (χ0n) is 15.8. The number of hydrogen-bond donors (Lipinski definition) is 3. The SMILES string of the molecule is O=C(O)CCC(=O)Nc1sc2c(c1C(=O)Nc1cccc(C(F)(F)F)c1)CCCC2. The predicted molar refractivity (Wildman–Crippen MR) is 106 cm³/mol. The molecule has 0 spiro atoms. The molecule has 30 heavy (non-hydrogen) atoms. The highest BCUT2D eigenvalue weighted by Gasteiger charge is 2.31. The van der Waals surface area contributed by atoms with E-state index >= 15 is 0 Å². The molecule has 6 nitrogen and oxygen atoms in total. The van der Waals surface area contributed by atoms with Crippen LogP contribution in [-0.4, -0.2) is 22.9 Å². The molecule has 3 N–H and O–H groups in total. The van der Waals surface area contributed by atoms with Gasteiger partial charge in [0.25, 0.3) is 5.91 Å². The van der Waals surface area contributed by atoms with Gasteiger partial charge in [-0.25, -0.2) is 0 Å². The molecule has 2 aromatic rings. The third-order valence-corrected chi connectivity index (χ3v) is 5.87. The van der Waals surface area contributed by atoms with Gasteiger partial charge in [-0.1, -0.05) is 6.07 Å². The van der Waals surface area contributed by atoms with Crippen molar-refractivity contribution >= 4 is 39.8 Å². The van der Waals surface area contributed by atoms with E-state index in [1.54, 1.807) is 0 Å². The summed E-state index contributed by atoms with van der Waals surface area (Å²) in [4.78, 5) is 36.7. The van der Waals surface area contributed by atoms with E-state index in [0.29, 0.717) is 11.4 Å². The highest BCUT2D eigenvalue weighted by atomic mass is 32.1. The fourth-order valence-electron chi connectivity index (χ4n) is 3.27. The van der Waals surface area contributed by atoms with Gasteiger partial charge in [0, 0.05) is 17.0 Å². The zero-order chi connectivity index (χ0) is 21.9. The highest BCUT2D eigenvalue weighted by molar-refractivity contribution is 7.17. The molecule has 2 amide bonds. The van der Waals surface area contributed by atoms with Crippen molar-refractivity contribution in [3.63, 3.8) is 0 Å². The van der Waals surface area contributed by atoms with E-state index in [1.807, 2.05) is 0 Å². The number of carboxylic acids is 1. The molecule has 10 heteroatoms. The number of benzene rings is 1. The van der Waals surface area contributed by atoms with Crippen molar-refractivity contribution in [2.45, 2.75) is 44.7 Å². The van der Waals surface area contributed by atoms with Gasteiger partial charge in [-0.15, -0.1) is 11.3 Å². The molecule has 1 aliphatic rings. The van der Waals surface area contributed by atoms with Crippen LogP contribution in [0.15, 0.2) is 24.3 Å². The Hall–Kier alpha value is -2.88. The third-order valence-electron chi connectivity index (χ3n) is 4.67. The molecule has 1 aromatic carbocycles. The first-order valence-corrected chi connectivity index (χ1v) is 10.1. The van der Waals surface area contributed by atoms with Crippen molar-refractivity contribution in [2.75, 3.05) is 10.6 Å². The zero-order valence-corrected chi connectivity index (χ0v) is 16.6. The maximum absolute atomic E-state index is 12.9. The average Bonchev–Trinajstić information content (AvgIpc) is 3.03. The second-order valence-electron chi connectivity index (χ2n) is 6.89. The van der Waals surface area contributed by atoms with Crippen LogP contribution in [0.25, 0.3) is 0 Å². The number of anilines is 2. The number of nitrogens with one attached hydrogen (secondary N) is 2. The standard InChI is InChI=1S/C20H19F3N2O4S/c21-20(22,23)11-4-3-5-12(10-11)24-18(29)17-13-6-1-2-7-14(13)30-19(17)25-15(26)8-9-16(27)28/h3-5,10H,1-2,6-9H2,(H,24,29)(H,25,26)(H,27,28). The van der Waals surface area contributed by atoms with Gasteiger partial charge in [-0.3, -0.25) is 14.4 Å². The second kappa shape index (κ2) is 8.86. The van der Waals surface area contributed by atoms with Crippen molar-refractivity contribution in [1.29, 1.82) is 0 Å². The maximum Gasteiger partial charge on any atom is 0.416 e. The summed E-state index contributed by atoms with van der Waals surface area (Å²) in [6.45, 7) is 0. The van der Waals surface area contributed by atoms with Crippen molar-refractivity contribution < 1.29 is 32.7 Å². The highest BCUT2D eigenvalue weighted by Crippen LogP contribution is 2.39. The van der Waals surface area contributed by atoms with E-state index in [9.17, 15) is 27.6 Å². The number of thiophene rings is 1. The van der Waals surface area contributed by atoms with Crippen LogP contribution >= 0.6 is 11.3 Å². The molecule has 1 aromatic heterocycles. The lowest BCUT2D eigenvalue weighted by atomic mass is 9.95. The van der Waals surface area contributed by atoms with E-state index in [-0.39, 0.29) is 24.1 Å². The fraction of sp³-hybridized carbons (Fsp3) is 0.350. The molecule has 0 atom stereocenters. The van der Waals surface area contributed by atoms with E-state index in [1.165, 1.54) is 23.5 Å². The smallest absolute Gasteiger partial charge is 0.416 e. The Morgan fingerprint density at radius 2 is 1.80 bits per heavy atom. The third kappa shape index (κ3) is 5.18. The van der Waals surface area contributed by atoms with Gasteiger partial charge in [-0.05, 0) is 49.4 Å². The Morgan fingerprint density at radius 1 is 1.07 bits per heavy atom. The van der Waals surface area contributed by atoms with Gasteiger partial charge in [-0.2, -0.15) is 13.2 Å². The summed E-state index contributed by atoms with van der Waals surface area (Å²) in [6.07, 6.45) is -1.95. The van der Waals surface area contributed by atoms with Crippen LogP contribution in [0.4, 0.5) is 23.9 Å². The summed E-state index contributed by atoms with van der Waals surface area (Å²) in [5.74, 6) is -2.26. The van der Waals surface area contributed by atoms with Crippen LogP contribution in [0.2, 0.25) is 0 Å². The maximum atomic E-state index is 12.9. The lowest BCUT2D eigenvalue weighted by molar-refractivity contribution is -0.138. The number of fused-ring (bicyclic) bond motifs is 1. The fourth-order valence-corrected chi connectivity index (χ4v) is 4.57. The van der Waals surface area contributed by atoms with Crippen molar-refractivity contribution in [1.82, 2.24) is 0 Å². The molecule has 0 saturated carbocycles. The van der Waals surface area contributed by atoms with Crippen LogP contribution < -0.4 is 10.6 Å². The van der Waals surface area contributed by atoms with Crippen molar-refractivity contribution in [3.05, 3.63) is 45.8 Å². The molecule has 0 bridgehead atoms. The number of alkyl halides is 3. The summed E-state index contributed by atoms with van der Waals surface area (Å²) in [6, 6.07) is 4.32. The molecule has 0 radical (unpaired) electrons. The number of aryl methyl sites for hydroxylation is 1. The summed E-state index contributed by atoms with van der Waals surface area (Å²) in [7, 11) is 0. The molecule has 0 saturated heterocycles. The molecule has 1 aliphatic carbocycles. The lowest BCUT2D eigenvalue weighted by Gasteiger charge is -2.14. The first-order valence-electron chi connectivity index (χ1n) is 9.30. The topological polar surface area (TPSA) is 95.5 Å². The van der Waals surface area contributed by atoms with Crippen LogP contribution in [0.1, 0.15) is 52.0 Å². The number of amides is 2. The van der Waals surface area contributed by atoms with Crippen molar-refractivity contribution in [2.24, 2.45) is 0 Å². The van der Waals surface area contributed by atoms with Crippen molar-refractivity contribution in [3.8, 4) is 0 Å². The molecule has 1 heterocycles. The first kappa shape index (κ1) is 21.8. The summed E-state index contributed by atoms with van der Waals surface area (Å²) in [5, 5.41) is 14.1. The van der Waals surface area contributed by atoms with Gasteiger partial charge >= 0.3 is 12.1 Å². The van der Waals surface area contributed by atoms with Crippen LogP contribution in [0.3, 0.4) is 0 Å². The number of carboxylic acid groups (broad SMARTS) is 1. The Labute approximate surface area is 174 Å². The Morgan fingerprint density at radius 3 is 2.50 bits per heavy atom. The first-order chi connectivity index (χ1) is 14.1. The molecule has 3 rings (SSSR count). The largest absolute Gasteiger partial charge is 0.481 e. The number of hydrogen-bond acceptors (Lipinski definition) is 4. The minimum atomic E-state index is -4.54. The second-order valence-corrected chi connectivity index (χ2v) is 7.99. The van der Waals surface area contributed by atoms with E-state index in [4.69, 9.17) is 5.11 Å². The minimum Gasteiger partial charge on any atom is -0.481 e. The van der Waals surface area contributed by atoms with Crippen LogP contribution in [0.5, 0.6) is 0 Å². The monoisotopic (exact) mass is 440 g/mol. The number of carbonyl (C=O) groups is 3. The summed E-state index contributed by atoms with van der Waals surface area (Å²) in [5.41, 5.74) is 0.128. The number of rotatable bonds is 6. The molecular weight excluding hydrogens is 421 g/mol. The van der Waals surface area contributed by atoms with E-state index in [0.717, 1.165) is 41.8 Å². The molecule has 160 valence electrons. The van der Waals surface area contributed by atoms with E-state index < -0.39 is 29.5 Å². The van der Waals surface area contributed by atoms with Gasteiger partial charge < -0.3 is 15.7 Å². The Balaban J connectivity index is 1.86. The van der Waals surface area contributed by atoms with Gasteiger partial charge in [0.1, 0.15) is 5.00 Å². The lowest BCUT2D eigenvalue weighted by Crippen LogP contribution is -2.19. The number of halogens is 3. The van der Waals surface area contributed by atoms with Gasteiger partial charge in [0.15, 0.2) is 0 Å². The van der Waals surface area contributed by atoms with Crippen LogP contribution in [-0.2, 0) is 28.6 Å². The number of carbonyl (C=O) groups excluding carboxylic acids is 2. The molecule has 0 aliphatic heterocycles. The van der Waals surface area contributed by atoms with Gasteiger partial charge in [0.2, 0.25) is 5.91 Å². The normalized spacial score (nSPS) is 13.4. The van der Waals surface area contributed by atoms with E-state index in [2.05, 4.69) is 10.6 Å². The van der Waals surface area contributed by atoms with Crippen LogP contribution in [0, 0.1) is 0 Å². The molecule has 0 unspecified atom stereocenters. The molecule has 0 fully saturated rings. The molecular formula is C20H19F3N2O4S. The quantitative estimate of drug-likeness (QED) is 0.607. The predicted octanol–water partition coefficient (Wildman–Crippen LogP) is 4.70.